The number of amides is 1. The predicted molar refractivity (Wildman–Crippen MR) is 122 cm³/mol. The van der Waals surface area contributed by atoms with E-state index in [1.54, 1.807) is 0 Å². The van der Waals surface area contributed by atoms with Crippen LogP contribution in [0.1, 0.15) is 62.5 Å². The Morgan fingerprint density at radius 3 is 2.56 bits per heavy atom. The van der Waals surface area contributed by atoms with Crippen LogP contribution in [-0.2, 0) is 17.5 Å². The molecule has 11 heteroatoms. The van der Waals surface area contributed by atoms with Gasteiger partial charge in [0, 0.05) is 25.6 Å². The van der Waals surface area contributed by atoms with E-state index in [0.29, 0.717) is 28.8 Å². The number of halogens is 3. The summed E-state index contributed by atoms with van der Waals surface area (Å²) in [5.41, 5.74) is 1.20. The quantitative estimate of drug-likeness (QED) is 0.649. The second kappa shape index (κ2) is 8.13. The van der Waals surface area contributed by atoms with Crippen molar-refractivity contribution in [2.24, 2.45) is 11.8 Å². The molecule has 2 saturated carbocycles. The Labute approximate surface area is 196 Å². The van der Waals surface area contributed by atoms with Crippen molar-refractivity contribution in [1.82, 2.24) is 19.7 Å². The third-order valence-electron chi connectivity index (χ3n) is 7.06. The molecule has 0 aromatic carbocycles. The number of nitrogens with zero attached hydrogens (tertiary/aromatic N) is 5. The lowest BCUT2D eigenvalue weighted by molar-refractivity contribution is -0.144. The summed E-state index contributed by atoms with van der Waals surface area (Å²) in [5, 5.41) is 10.5. The molecular weight excluding hydrogens is 447 g/mol. The number of likely N-dealkylation sites (N-methyl/N-ethyl adjacent to an activating group) is 1. The Hall–Kier alpha value is -2.85. The molecule has 0 saturated heterocycles. The molecule has 3 aliphatic rings. The van der Waals surface area contributed by atoms with Crippen LogP contribution in [0.25, 0.3) is 0 Å². The number of anilines is 3. The zero-order valence-corrected chi connectivity index (χ0v) is 19.8. The summed E-state index contributed by atoms with van der Waals surface area (Å²) in [6.45, 7) is 6.07. The Kier molecular flexibility index (Phi) is 5.48. The van der Waals surface area contributed by atoms with Crippen LogP contribution in [0.15, 0.2) is 6.07 Å². The first-order chi connectivity index (χ1) is 16.0. The molecule has 2 fully saturated rings. The Balaban J connectivity index is 1.25. The van der Waals surface area contributed by atoms with Crippen LogP contribution in [0.2, 0.25) is 0 Å². The van der Waals surface area contributed by atoms with E-state index in [9.17, 15) is 18.0 Å². The molecule has 0 unspecified atom stereocenters. The fourth-order valence-corrected chi connectivity index (χ4v) is 5.09. The lowest BCUT2D eigenvalue weighted by Gasteiger charge is -2.38. The summed E-state index contributed by atoms with van der Waals surface area (Å²) in [6.07, 6.45) is -1.13. The molecular formula is C23H30F3N7O. The van der Waals surface area contributed by atoms with Crippen LogP contribution in [0.4, 0.5) is 30.6 Å². The highest BCUT2D eigenvalue weighted by atomic mass is 19.4. The summed E-state index contributed by atoms with van der Waals surface area (Å²) in [6, 6.07) is 0.981. The summed E-state index contributed by atoms with van der Waals surface area (Å²) in [4.78, 5) is 23.5. The van der Waals surface area contributed by atoms with Crippen molar-refractivity contribution in [2.75, 3.05) is 22.6 Å². The van der Waals surface area contributed by atoms with Gasteiger partial charge in [-0.3, -0.25) is 9.48 Å². The highest BCUT2D eigenvalue weighted by Gasteiger charge is 2.40. The second-order valence-corrected chi connectivity index (χ2v) is 10.2. The summed E-state index contributed by atoms with van der Waals surface area (Å²) >= 11 is 0. The van der Waals surface area contributed by atoms with Gasteiger partial charge in [0.2, 0.25) is 11.9 Å². The largest absolute Gasteiger partial charge is 0.433 e. The molecule has 1 amide bonds. The van der Waals surface area contributed by atoms with E-state index < -0.39 is 11.9 Å². The van der Waals surface area contributed by atoms with Crippen molar-refractivity contribution in [3.63, 3.8) is 0 Å². The van der Waals surface area contributed by atoms with E-state index in [2.05, 4.69) is 25.7 Å². The van der Waals surface area contributed by atoms with Crippen molar-refractivity contribution >= 4 is 23.4 Å². The van der Waals surface area contributed by atoms with Crippen molar-refractivity contribution in [2.45, 2.75) is 77.2 Å². The minimum absolute atomic E-state index is 0.0686. The number of aryl methyl sites for hydroxylation is 1. The zero-order valence-electron chi connectivity index (χ0n) is 19.8. The number of alkyl halides is 3. The van der Waals surface area contributed by atoms with Gasteiger partial charge in [0.15, 0.2) is 5.82 Å². The molecule has 8 nitrogen and oxygen atoms in total. The van der Waals surface area contributed by atoms with Crippen LogP contribution < -0.4 is 15.5 Å². The average Bonchev–Trinajstić information content (AvgIpc) is 3.46. The lowest BCUT2D eigenvalue weighted by atomic mass is 9.80. The first kappa shape index (κ1) is 22.9. The summed E-state index contributed by atoms with van der Waals surface area (Å²) in [7, 11) is 1.86. The summed E-state index contributed by atoms with van der Waals surface area (Å²) in [5.74, 6) is 1.47. The molecule has 1 atom stereocenters. The fraction of sp³-hybridized carbons (Fsp3) is 0.652. The third-order valence-corrected chi connectivity index (χ3v) is 7.06. The third kappa shape index (κ3) is 4.20. The van der Waals surface area contributed by atoms with Crippen molar-refractivity contribution < 1.29 is 18.0 Å². The number of nitrogens with one attached hydrogen (secondary N) is 2. The molecule has 0 spiro atoms. The van der Waals surface area contributed by atoms with Gasteiger partial charge in [0.05, 0.1) is 11.4 Å². The second-order valence-electron chi connectivity index (χ2n) is 10.2. The molecule has 2 aromatic heterocycles. The van der Waals surface area contributed by atoms with Gasteiger partial charge in [-0.25, -0.2) is 4.98 Å². The van der Waals surface area contributed by atoms with E-state index in [-0.39, 0.29) is 42.3 Å². The highest BCUT2D eigenvalue weighted by Crippen LogP contribution is 2.42. The van der Waals surface area contributed by atoms with Gasteiger partial charge in [-0.15, -0.1) is 0 Å². The van der Waals surface area contributed by atoms with Gasteiger partial charge in [0.1, 0.15) is 17.4 Å². The van der Waals surface area contributed by atoms with E-state index in [0.717, 1.165) is 30.4 Å². The van der Waals surface area contributed by atoms with Gasteiger partial charge in [-0.1, -0.05) is 13.8 Å². The average molecular weight is 478 g/mol. The molecule has 5 rings (SSSR count). The predicted octanol–water partition coefficient (Wildman–Crippen LogP) is 4.18. The summed E-state index contributed by atoms with van der Waals surface area (Å²) < 4.78 is 41.6. The minimum Gasteiger partial charge on any atom is -0.351 e. The Bertz CT molecular complexity index is 1100. The molecule has 34 heavy (non-hydrogen) atoms. The van der Waals surface area contributed by atoms with E-state index in [1.165, 1.54) is 6.07 Å². The monoisotopic (exact) mass is 477 g/mol. The Morgan fingerprint density at radius 1 is 1.24 bits per heavy atom. The van der Waals surface area contributed by atoms with E-state index in [4.69, 9.17) is 0 Å². The Morgan fingerprint density at radius 2 is 1.94 bits per heavy atom. The van der Waals surface area contributed by atoms with Gasteiger partial charge in [0.25, 0.3) is 0 Å². The van der Waals surface area contributed by atoms with Crippen LogP contribution in [0, 0.1) is 18.8 Å². The molecule has 3 heterocycles. The van der Waals surface area contributed by atoms with Crippen LogP contribution >= 0.6 is 0 Å². The van der Waals surface area contributed by atoms with E-state index in [1.807, 2.05) is 32.7 Å². The minimum atomic E-state index is -4.40. The lowest BCUT2D eigenvalue weighted by Crippen LogP contribution is -2.50. The molecule has 2 N–H and O–H groups in total. The van der Waals surface area contributed by atoms with E-state index >= 15 is 0 Å². The normalized spacial score (nSPS) is 24.6. The maximum absolute atomic E-state index is 13.5. The number of fused-ring (bicyclic) bond motifs is 1. The van der Waals surface area contributed by atoms with Crippen molar-refractivity contribution in [1.29, 1.82) is 0 Å². The number of carbonyl (C=O) groups excluding carboxylic acids is 1. The number of hydrogen-bond donors (Lipinski definition) is 2. The first-order valence-corrected chi connectivity index (χ1v) is 11.8. The smallest absolute Gasteiger partial charge is 0.351 e. The first-order valence-electron chi connectivity index (χ1n) is 11.8. The van der Waals surface area contributed by atoms with Crippen molar-refractivity contribution in [3.05, 3.63) is 23.1 Å². The number of aromatic nitrogens is 4. The molecule has 0 bridgehead atoms. The number of carbonyl (C=O) groups is 1. The maximum atomic E-state index is 13.5. The highest BCUT2D eigenvalue weighted by molar-refractivity contribution is 6.03. The van der Waals surface area contributed by atoms with Gasteiger partial charge in [-0.2, -0.15) is 23.3 Å². The van der Waals surface area contributed by atoms with Crippen molar-refractivity contribution in [3.8, 4) is 0 Å². The maximum Gasteiger partial charge on any atom is 0.433 e. The van der Waals surface area contributed by atoms with Gasteiger partial charge in [-0.05, 0) is 50.5 Å². The van der Waals surface area contributed by atoms with Gasteiger partial charge < -0.3 is 15.5 Å². The van der Waals surface area contributed by atoms with Crippen LogP contribution in [0.3, 0.4) is 0 Å². The standard InChI is InChI=1S/C23H30F3N7O/c1-11(2)19-21(34)29-18-12(3)27-22(30-20(18)32(19)4)28-15-7-13(8-15)10-33-17(23(24,25)26)9-16(31-33)14-5-6-14/h9,11,13-15,19H,5-8,10H2,1-4H3,(H,29,34)(H,27,28,30)/t13?,15?,19-/m0/s1. The molecule has 184 valence electrons. The molecule has 1 aliphatic heterocycles. The molecule has 0 radical (unpaired) electrons. The van der Waals surface area contributed by atoms with Gasteiger partial charge >= 0.3 is 6.18 Å². The SMILES string of the molecule is Cc1nc(NC2CC(Cn3nc(C4CC4)cc3C(F)(F)F)C2)nc2c1NC(=O)[C@H](C(C)C)N2C. The topological polar surface area (TPSA) is 88.0 Å². The zero-order chi connectivity index (χ0) is 24.4. The number of rotatable bonds is 6. The van der Waals surface area contributed by atoms with Crippen LogP contribution in [-0.4, -0.2) is 44.8 Å². The number of hydrogen-bond acceptors (Lipinski definition) is 6. The molecule has 2 aliphatic carbocycles. The van der Waals surface area contributed by atoms with Crippen LogP contribution in [0.5, 0.6) is 0 Å². The fourth-order valence-electron chi connectivity index (χ4n) is 5.09. The molecule has 2 aromatic rings.